The van der Waals surface area contributed by atoms with Gasteiger partial charge in [0.25, 0.3) is 0 Å². The van der Waals surface area contributed by atoms with E-state index in [-0.39, 0.29) is 5.84 Å². The first-order chi connectivity index (χ1) is 7.99. The SMILES string of the molecule is Cc1ccc(C(=N)N)c(N(C)CC2CC2C)n1. The number of nitrogens with zero attached hydrogens (tertiary/aromatic N) is 2. The molecule has 17 heavy (non-hydrogen) atoms. The Balaban J connectivity index is 2.22. The van der Waals surface area contributed by atoms with Crippen LogP contribution < -0.4 is 10.6 Å². The molecule has 1 heterocycles. The van der Waals surface area contributed by atoms with Gasteiger partial charge in [0.1, 0.15) is 11.7 Å². The van der Waals surface area contributed by atoms with Crippen LogP contribution in [0, 0.1) is 24.2 Å². The number of pyridine rings is 1. The van der Waals surface area contributed by atoms with E-state index in [1.165, 1.54) is 6.42 Å². The second-order valence-corrected chi connectivity index (χ2v) is 5.09. The van der Waals surface area contributed by atoms with Crippen molar-refractivity contribution in [3.8, 4) is 0 Å². The van der Waals surface area contributed by atoms with Gasteiger partial charge >= 0.3 is 0 Å². The fraction of sp³-hybridized carbons (Fsp3) is 0.538. The lowest BCUT2D eigenvalue weighted by Gasteiger charge is -2.21. The minimum Gasteiger partial charge on any atom is -0.384 e. The van der Waals surface area contributed by atoms with E-state index in [9.17, 15) is 0 Å². The number of anilines is 1. The van der Waals surface area contributed by atoms with E-state index in [4.69, 9.17) is 11.1 Å². The Bertz CT molecular complexity index is 441. The lowest BCUT2D eigenvalue weighted by Crippen LogP contribution is -2.26. The second-order valence-electron chi connectivity index (χ2n) is 5.09. The summed E-state index contributed by atoms with van der Waals surface area (Å²) in [6.07, 6.45) is 1.30. The molecule has 2 unspecified atom stereocenters. The van der Waals surface area contributed by atoms with Crippen molar-refractivity contribution in [2.75, 3.05) is 18.5 Å². The number of hydrogen-bond acceptors (Lipinski definition) is 3. The van der Waals surface area contributed by atoms with Gasteiger partial charge < -0.3 is 10.6 Å². The molecule has 0 saturated heterocycles. The first-order valence-electron chi connectivity index (χ1n) is 6.02. The molecule has 92 valence electrons. The zero-order valence-corrected chi connectivity index (χ0v) is 10.7. The van der Waals surface area contributed by atoms with Crippen molar-refractivity contribution in [1.82, 2.24) is 4.98 Å². The van der Waals surface area contributed by atoms with E-state index < -0.39 is 0 Å². The van der Waals surface area contributed by atoms with Gasteiger partial charge in [-0.2, -0.15) is 0 Å². The van der Waals surface area contributed by atoms with Gasteiger partial charge in [0, 0.05) is 19.3 Å². The number of nitrogens with one attached hydrogen (secondary N) is 1. The van der Waals surface area contributed by atoms with E-state index in [0.29, 0.717) is 0 Å². The lowest BCUT2D eigenvalue weighted by molar-refractivity contribution is 0.718. The molecule has 0 aliphatic heterocycles. The van der Waals surface area contributed by atoms with Gasteiger partial charge in [-0.1, -0.05) is 6.92 Å². The molecule has 2 rings (SSSR count). The van der Waals surface area contributed by atoms with Crippen molar-refractivity contribution >= 4 is 11.7 Å². The normalized spacial score (nSPS) is 22.3. The number of aryl methyl sites for hydroxylation is 1. The highest BCUT2D eigenvalue weighted by Gasteiger charge is 2.33. The van der Waals surface area contributed by atoms with Crippen molar-refractivity contribution in [2.24, 2.45) is 17.6 Å². The van der Waals surface area contributed by atoms with Crippen LogP contribution in [-0.2, 0) is 0 Å². The van der Waals surface area contributed by atoms with Crippen LogP contribution in [0.15, 0.2) is 12.1 Å². The van der Waals surface area contributed by atoms with E-state index in [1.54, 1.807) is 0 Å². The Hall–Kier alpha value is -1.58. The number of aromatic nitrogens is 1. The maximum Gasteiger partial charge on any atom is 0.139 e. The zero-order valence-electron chi connectivity index (χ0n) is 10.7. The Labute approximate surface area is 102 Å². The van der Waals surface area contributed by atoms with Crippen LogP contribution >= 0.6 is 0 Å². The summed E-state index contributed by atoms with van der Waals surface area (Å²) < 4.78 is 0. The predicted molar refractivity (Wildman–Crippen MR) is 70.5 cm³/mol. The van der Waals surface area contributed by atoms with Crippen LogP contribution in [0.4, 0.5) is 5.82 Å². The molecule has 0 amide bonds. The van der Waals surface area contributed by atoms with Crippen LogP contribution in [0.1, 0.15) is 24.6 Å². The fourth-order valence-electron chi connectivity index (χ4n) is 2.14. The van der Waals surface area contributed by atoms with E-state index >= 15 is 0 Å². The summed E-state index contributed by atoms with van der Waals surface area (Å²) in [5.74, 6) is 2.50. The Morgan fingerprint density at radius 2 is 2.24 bits per heavy atom. The Morgan fingerprint density at radius 3 is 2.76 bits per heavy atom. The molecule has 1 aliphatic carbocycles. The van der Waals surface area contributed by atoms with Crippen LogP contribution in [-0.4, -0.2) is 24.4 Å². The van der Waals surface area contributed by atoms with Crippen molar-refractivity contribution < 1.29 is 0 Å². The van der Waals surface area contributed by atoms with Crippen molar-refractivity contribution in [2.45, 2.75) is 20.3 Å². The van der Waals surface area contributed by atoms with Gasteiger partial charge in [-0.25, -0.2) is 4.98 Å². The molecular formula is C13H20N4. The maximum atomic E-state index is 7.59. The average Bonchev–Trinajstić information content (AvgIpc) is 2.93. The molecule has 4 heteroatoms. The van der Waals surface area contributed by atoms with E-state index in [2.05, 4.69) is 16.8 Å². The molecule has 0 bridgehead atoms. The number of hydrogen-bond donors (Lipinski definition) is 2. The van der Waals surface area contributed by atoms with Crippen LogP contribution in [0.5, 0.6) is 0 Å². The van der Waals surface area contributed by atoms with Crippen LogP contribution in [0.25, 0.3) is 0 Å². The molecule has 1 saturated carbocycles. The third kappa shape index (κ3) is 2.57. The van der Waals surface area contributed by atoms with Gasteiger partial charge in [-0.15, -0.1) is 0 Å². The molecule has 1 aromatic rings. The van der Waals surface area contributed by atoms with Gasteiger partial charge in [-0.3, -0.25) is 5.41 Å². The van der Waals surface area contributed by atoms with Gasteiger partial charge in [0.15, 0.2) is 0 Å². The molecular weight excluding hydrogens is 212 g/mol. The molecule has 1 aromatic heterocycles. The smallest absolute Gasteiger partial charge is 0.139 e. The average molecular weight is 232 g/mol. The maximum absolute atomic E-state index is 7.59. The molecule has 1 aliphatic rings. The minimum atomic E-state index is 0.0863. The van der Waals surface area contributed by atoms with E-state index in [1.807, 2.05) is 26.1 Å². The summed E-state index contributed by atoms with van der Waals surface area (Å²) in [4.78, 5) is 6.63. The third-order valence-electron chi connectivity index (χ3n) is 3.45. The summed E-state index contributed by atoms with van der Waals surface area (Å²) >= 11 is 0. The number of amidine groups is 1. The van der Waals surface area contributed by atoms with Crippen molar-refractivity contribution in [3.05, 3.63) is 23.4 Å². The zero-order chi connectivity index (χ0) is 12.6. The minimum absolute atomic E-state index is 0.0863. The highest BCUT2D eigenvalue weighted by molar-refractivity contribution is 5.99. The van der Waals surface area contributed by atoms with Crippen LogP contribution in [0.2, 0.25) is 0 Å². The predicted octanol–water partition coefficient (Wildman–Crippen LogP) is 1.77. The molecule has 4 nitrogen and oxygen atoms in total. The van der Waals surface area contributed by atoms with Gasteiger partial charge in [0.05, 0.1) is 5.56 Å². The number of rotatable bonds is 4. The molecule has 1 fully saturated rings. The van der Waals surface area contributed by atoms with Crippen molar-refractivity contribution in [3.63, 3.8) is 0 Å². The second kappa shape index (κ2) is 4.35. The molecule has 0 radical (unpaired) electrons. The molecule has 0 spiro atoms. The molecule has 3 N–H and O–H groups in total. The lowest BCUT2D eigenvalue weighted by atomic mass is 10.2. The molecule has 2 atom stereocenters. The summed E-state index contributed by atoms with van der Waals surface area (Å²) in [6.45, 7) is 5.23. The Kier molecular flexibility index (Phi) is 3.05. The topological polar surface area (TPSA) is 66.0 Å². The van der Waals surface area contributed by atoms with Gasteiger partial charge in [-0.05, 0) is 37.3 Å². The fourth-order valence-corrected chi connectivity index (χ4v) is 2.14. The highest BCUT2D eigenvalue weighted by atomic mass is 15.2. The van der Waals surface area contributed by atoms with Crippen LogP contribution in [0.3, 0.4) is 0 Å². The third-order valence-corrected chi connectivity index (χ3v) is 3.45. The van der Waals surface area contributed by atoms with E-state index in [0.717, 1.165) is 35.5 Å². The number of nitrogens with two attached hydrogens (primary N) is 1. The number of nitrogen functional groups attached to an aromatic ring is 1. The largest absolute Gasteiger partial charge is 0.384 e. The summed E-state index contributed by atoms with van der Waals surface area (Å²) in [5, 5.41) is 7.59. The summed E-state index contributed by atoms with van der Waals surface area (Å²) in [6, 6.07) is 3.78. The first kappa shape index (κ1) is 11.9. The monoisotopic (exact) mass is 232 g/mol. The Morgan fingerprint density at radius 1 is 1.59 bits per heavy atom. The summed E-state index contributed by atoms with van der Waals surface area (Å²) in [5.41, 5.74) is 7.28. The van der Waals surface area contributed by atoms with Crippen molar-refractivity contribution in [1.29, 1.82) is 5.41 Å². The highest BCUT2D eigenvalue weighted by Crippen LogP contribution is 2.38. The first-order valence-corrected chi connectivity index (χ1v) is 6.02. The summed E-state index contributed by atoms with van der Waals surface area (Å²) in [7, 11) is 2.03. The standard InChI is InChI=1S/C13H20N4/c1-8-6-10(8)7-17(3)13-11(12(14)15)5-4-9(2)16-13/h4-5,8,10H,6-7H2,1-3H3,(H3,14,15). The molecule has 0 aromatic carbocycles. The quantitative estimate of drug-likeness (QED) is 0.614. The van der Waals surface area contributed by atoms with Gasteiger partial charge in [0.2, 0.25) is 0 Å².